The minimum absolute atomic E-state index is 0.132. The normalized spacial score (nSPS) is 11.7. The maximum Gasteiger partial charge on any atom is 0.274 e. The van der Waals surface area contributed by atoms with Gasteiger partial charge in [0.15, 0.2) is 5.16 Å². The van der Waals surface area contributed by atoms with Gasteiger partial charge in [-0.3, -0.25) is 9.36 Å². The molecule has 1 heterocycles. The van der Waals surface area contributed by atoms with Gasteiger partial charge in [0.25, 0.3) is 5.91 Å². The predicted octanol–water partition coefficient (Wildman–Crippen LogP) is 3.71. The van der Waals surface area contributed by atoms with Crippen molar-refractivity contribution < 1.29 is 13.2 Å². The van der Waals surface area contributed by atoms with E-state index in [1.807, 2.05) is 50.4 Å². The summed E-state index contributed by atoms with van der Waals surface area (Å²) in [6.45, 7) is 3.67. The fourth-order valence-electron chi connectivity index (χ4n) is 2.97. The van der Waals surface area contributed by atoms with E-state index in [2.05, 4.69) is 10.3 Å². The second kappa shape index (κ2) is 8.63. The maximum atomic E-state index is 13.2. The van der Waals surface area contributed by atoms with Crippen molar-refractivity contribution in [2.24, 2.45) is 0 Å². The first-order valence-electron chi connectivity index (χ1n) is 9.19. The highest BCUT2D eigenvalue weighted by Crippen LogP contribution is 2.27. The minimum Gasteiger partial charge on any atom is -0.320 e. The number of hydrogen-bond acceptors (Lipinski definition) is 5. The Hall–Kier alpha value is -2.62. The number of rotatable bonds is 6. The predicted molar refractivity (Wildman–Crippen MR) is 120 cm³/mol. The molecule has 0 aliphatic carbocycles. The van der Waals surface area contributed by atoms with Crippen LogP contribution in [0.25, 0.3) is 5.69 Å². The van der Waals surface area contributed by atoms with Crippen LogP contribution in [0.3, 0.4) is 0 Å². The molecule has 7 nitrogen and oxygen atoms in total. The van der Waals surface area contributed by atoms with Crippen LogP contribution in [0.4, 0.5) is 5.69 Å². The molecule has 2 aromatic carbocycles. The van der Waals surface area contributed by atoms with E-state index in [9.17, 15) is 13.2 Å². The summed E-state index contributed by atoms with van der Waals surface area (Å²) in [7, 11) is -0.674. The Morgan fingerprint density at radius 2 is 1.80 bits per heavy atom. The summed E-state index contributed by atoms with van der Waals surface area (Å²) in [6.07, 6.45) is 3.42. The van der Waals surface area contributed by atoms with Gasteiger partial charge >= 0.3 is 0 Å². The van der Waals surface area contributed by atoms with Gasteiger partial charge in [-0.25, -0.2) is 17.7 Å². The molecular formula is C21H24N4O3S2. The molecule has 0 bridgehead atoms. The standard InChI is InChI=1S/C21H24N4O3S2/c1-14-11-17(30(27,28)24(3)4)12-18(15(14)2)23-20(26)19-13-22-21(29-5)25(19)16-9-7-6-8-10-16/h6-13H,1-5H3,(H,23,26). The Balaban J connectivity index is 2.04. The number of carbonyl (C=O) groups excluding carboxylic acids is 1. The quantitative estimate of drug-likeness (QED) is 0.586. The molecule has 0 saturated carbocycles. The summed E-state index contributed by atoms with van der Waals surface area (Å²) < 4.78 is 28.1. The molecule has 3 aromatic rings. The number of aryl methyl sites for hydroxylation is 1. The van der Waals surface area contributed by atoms with E-state index in [4.69, 9.17) is 0 Å². The first-order chi connectivity index (χ1) is 14.2. The van der Waals surface area contributed by atoms with Gasteiger partial charge in [0.1, 0.15) is 5.69 Å². The van der Waals surface area contributed by atoms with Crippen molar-refractivity contribution in [3.8, 4) is 5.69 Å². The molecular weight excluding hydrogens is 420 g/mol. The maximum absolute atomic E-state index is 13.2. The number of carbonyl (C=O) groups is 1. The Kier molecular flexibility index (Phi) is 6.35. The van der Waals surface area contributed by atoms with Gasteiger partial charge in [0.2, 0.25) is 10.0 Å². The van der Waals surface area contributed by atoms with E-state index in [-0.39, 0.29) is 10.8 Å². The van der Waals surface area contributed by atoms with Gasteiger partial charge in [-0.1, -0.05) is 30.0 Å². The Labute approximate surface area is 181 Å². The molecule has 158 valence electrons. The molecule has 0 saturated heterocycles. The third-order valence-electron chi connectivity index (χ3n) is 4.83. The zero-order chi connectivity index (χ0) is 22.1. The van der Waals surface area contributed by atoms with E-state index in [1.165, 1.54) is 38.1 Å². The molecule has 1 N–H and O–H groups in total. The fraction of sp³-hybridized carbons (Fsp3) is 0.238. The van der Waals surface area contributed by atoms with Gasteiger partial charge in [0, 0.05) is 25.5 Å². The number of nitrogens with one attached hydrogen (secondary N) is 1. The Bertz CT molecular complexity index is 1190. The first-order valence-corrected chi connectivity index (χ1v) is 11.9. The third-order valence-corrected chi connectivity index (χ3v) is 7.27. The number of amides is 1. The van der Waals surface area contributed by atoms with E-state index >= 15 is 0 Å². The zero-order valence-electron chi connectivity index (χ0n) is 17.5. The molecule has 1 amide bonds. The molecule has 30 heavy (non-hydrogen) atoms. The molecule has 0 aliphatic heterocycles. The summed E-state index contributed by atoms with van der Waals surface area (Å²) in [6, 6.07) is 12.6. The Morgan fingerprint density at radius 3 is 2.40 bits per heavy atom. The SMILES string of the molecule is CSc1ncc(C(=O)Nc2cc(S(=O)(=O)N(C)C)cc(C)c2C)n1-c1ccccc1. The molecule has 0 fully saturated rings. The number of benzene rings is 2. The van der Waals surface area contributed by atoms with E-state index in [1.54, 1.807) is 10.6 Å². The smallest absolute Gasteiger partial charge is 0.274 e. The molecule has 0 atom stereocenters. The van der Waals surface area contributed by atoms with E-state index < -0.39 is 10.0 Å². The average molecular weight is 445 g/mol. The zero-order valence-corrected chi connectivity index (χ0v) is 19.1. The van der Waals surface area contributed by atoms with Gasteiger partial charge in [0.05, 0.1) is 11.1 Å². The van der Waals surface area contributed by atoms with Crippen LogP contribution in [0.5, 0.6) is 0 Å². The summed E-state index contributed by atoms with van der Waals surface area (Å²) in [5.41, 5.74) is 3.21. The second-order valence-electron chi connectivity index (χ2n) is 6.96. The lowest BCUT2D eigenvalue weighted by Gasteiger charge is -2.17. The highest BCUT2D eigenvalue weighted by atomic mass is 32.2. The summed E-state index contributed by atoms with van der Waals surface area (Å²) in [4.78, 5) is 17.6. The number of aromatic nitrogens is 2. The second-order valence-corrected chi connectivity index (χ2v) is 9.88. The monoisotopic (exact) mass is 444 g/mol. The van der Waals surface area contributed by atoms with Crippen molar-refractivity contribution in [1.82, 2.24) is 13.9 Å². The van der Waals surface area contributed by atoms with Crippen molar-refractivity contribution in [3.05, 3.63) is 65.5 Å². The number of anilines is 1. The summed E-state index contributed by atoms with van der Waals surface area (Å²) >= 11 is 1.44. The molecule has 3 rings (SSSR count). The topological polar surface area (TPSA) is 84.3 Å². The summed E-state index contributed by atoms with van der Waals surface area (Å²) in [5.74, 6) is -0.367. The number of hydrogen-bond donors (Lipinski definition) is 1. The highest BCUT2D eigenvalue weighted by molar-refractivity contribution is 7.98. The largest absolute Gasteiger partial charge is 0.320 e. The fourth-order valence-corrected chi connectivity index (χ4v) is 4.53. The van der Waals surface area contributed by atoms with Crippen LogP contribution in [0.1, 0.15) is 21.6 Å². The molecule has 0 radical (unpaired) electrons. The minimum atomic E-state index is -3.63. The van der Waals surface area contributed by atoms with Crippen molar-refractivity contribution >= 4 is 33.4 Å². The van der Waals surface area contributed by atoms with Crippen LogP contribution in [-0.4, -0.2) is 48.5 Å². The number of imidazole rings is 1. The van der Waals surface area contributed by atoms with Gasteiger partial charge < -0.3 is 5.32 Å². The molecule has 9 heteroatoms. The van der Waals surface area contributed by atoms with Gasteiger partial charge in [-0.05, 0) is 55.5 Å². The van der Waals surface area contributed by atoms with Gasteiger partial charge in [-0.2, -0.15) is 0 Å². The number of para-hydroxylation sites is 1. The number of sulfonamides is 1. The molecule has 0 spiro atoms. The number of thioether (sulfide) groups is 1. The lowest BCUT2D eigenvalue weighted by Crippen LogP contribution is -2.23. The van der Waals surface area contributed by atoms with E-state index in [0.717, 1.165) is 21.1 Å². The summed E-state index contributed by atoms with van der Waals surface area (Å²) in [5, 5.41) is 3.56. The number of nitrogens with zero attached hydrogens (tertiary/aromatic N) is 3. The highest BCUT2D eigenvalue weighted by Gasteiger charge is 2.22. The third kappa shape index (κ3) is 4.14. The van der Waals surface area contributed by atoms with Crippen molar-refractivity contribution in [3.63, 3.8) is 0 Å². The molecule has 1 aromatic heterocycles. The Morgan fingerprint density at radius 1 is 1.13 bits per heavy atom. The van der Waals surface area contributed by atoms with Crippen LogP contribution in [0.15, 0.2) is 58.7 Å². The van der Waals surface area contributed by atoms with Crippen LogP contribution >= 0.6 is 11.8 Å². The van der Waals surface area contributed by atoms with Crippen LogP contribution in [0.2, 0.25) is 0 Å². The van der Waals surface area contributed by atoms with Crippen LogP contribution in [0, 0.1) is 13.8 Å². The van der Waals surface area contributed by atoms with Crippen LogP contribution in [-0.2, 0) is 10.0 Å². The molecule has 0 unspecified atom stereocenters. The van der Waals surface area contributed by atoms with E-state index in [0.29, 0.717) is 16.5 Å². The lowest BCUT2D eigenvalue weighted by atomic mass is 10.1. The van der Waals surface area contributed by atoms with Crippen molar-refractivity contribution in [2.75, 3.05) is 25.7 Å². The van der Waals surface area contributed by atoms with Crippen molar-refractivity contribution in [2.45, 2.75) is 23.9 Å². The first kappa shape index (κ1) is 22.1. The average Bonchev–Trinajstić information content (AvgIpc) is 3.16. The molecule has 0 aliphatic rings. The van der Waals surface area contributed by atoms with Crippen molar-refractivity contribution in [1.29, 1.82) is 0 Å². The van der Waals surface area contributed by atoms with Crippen LogP contribution < -0.4 is 5.32 Å². The lowest BCUT2D eigenvalue weighted by molar-refractivity contribution is 0.102. The van der Waals surface area contributed by atoms with Gasteiger partial charge in [-0.15, -0.1) is 0 Å².